The summed E-state index contributed by atoms with van der Waals surface area (Å²) < 4.78 is 5.15. The van der Waals surface area contributed by atoms with E-state index in [1.165, 1.54) is 0 Å². The molecule has 0 aromatic heterocycles. The van der Waals surface area contributed by atoms with Gasteiger partial charge >= 0.3 is 0 Å². The summed E-state index contributed by atoms with van der Waals surface area (Å²) >= 11 is 5.47. The van der Waals surface area contributed by atoms with E-state index in [4.69, 9.17) is 22.1 Å². The zero-order chi connectivity index (χ0) is 13.0. The first-order chi connectivity index (χ1) is 8.70. The Morgan fingerprint density at radius 3 is 1.94 bits per heavy atom. The van der Waals surface area contributed by atoms with Crippen LogP contribution >= 0.6 is 11.6 Å². The van der Waals surface area contributed by atoms with Crippen LogP contribution in [0.3, 0.4) is 0 Å². The second-order valence-corrected chi connectivity index (χ2v) is 3.94. The fourth-order valence-electron chi connectivity index (χ4n) is 1.63. The molecule has 1 amide bonds. The predicted molar refractivity (Wildman–Crippen MR) is 71.7 cm³/mol. The zero-order valence-corrected chi connectivity index (χ0v) is 10.4. The lowest BCUT2D eigenvalue weighted by Crippen LogP contribution is -2.10. The summed E-state index contributed by atoms with van der Waals surface area (Å²) in [4.78, 5) is 11.0. The van der Waals surface area contributed by atoms with Crippen LogP contribution < -0.4 is 10.5 Å². The molecule has 2 rings (SSSR count). The number of rotatable bonds is 4. The van der Waals surface area contributed by atoms with Gasteiger partial charge in [-0.15, -0.1) is 0 Å². The molecular formula is C14H12ClNO2. The van der Waals surface area contributed by atoms with Crippen LogP contribution in [0.15, 0.2) is 48.5 Å². The standard InChI is InChI=1S/C14H12ClNO2/c15-9-18-13-7-5-11(6-8-13)10-1-3-12(4-2-10)14(16)17/h1-8H,9H2,(H2,16,17). The molecule has 0 atom stereocenters. The lowest BCUT2D eigenvalue weighted by Gasteiger charge is -2.05. The first kappa shape index (κ1) is 12.5. The lowest BCUT2D eigenvalue weighted by molar-refractivity contribution is 0.100. The van der Waals surface area contributed by atoms with Crippen molar-refractivity contribution < 1.29 is 9.53 Å². The van der Waals surface area contributed by atoms with E-state index in [1.54, 1.807) is 12.1 Å². The monoisotopic (exact) mass is 261 g/mol. The molecule has 18 heavy (non-hydrogen) atoms. The SMILES string of the molecule is NC(=O)c1ccc(-c2ccc(OCCl)cc2)cc1. The molecule has 0 aliphatic heterocycles. The fraction of sp³-hybridized carbons (Fsp3) is 0.0714. The van der Waals surface area contributed by atoms with Gasteiger partial charge in [0.1, 0.15) is 5.75 Å². The van der Waals surface area contributed by atoms with Crippen molar-refractivity contribution in [2.45, 2.75) is 0 Å². The Hall–Kier alpha value is -2.00. The number of benzene rings is 2. The van der Waals surface area contributed by atoms with Crippen molar-refractivity contribution >= 4 is 17.5 Å². The Labute approximate surface area is 110 Å². The van der Waals surface area contributed by atoms with Gasteiger partial charge in [-0.25, -0.2) is 0 Å². The number of hydrogen-bond donors (Lipinski definition) is 1. The summed E-state index contributed by atoms with van der Waals surface area (Å²) in [6.45, 7) is 0. The van der Waals surface area contributed by atoms with Crippen molar-refractivity contribution in [3.05, 3.63) is 54.1 Å². The number of halogens is 1. The largest absolute Gasteiger partial charge is 0.478 e. The van der Waals surface area contributed by atoms with E-state index >= 15 is 0 Å². The molecule has 3 nitrogen and oxygen atoms in total. The third kappa shape index (κ3) is 2.81. The molecule has 0 saturated heterocycles. The quantitative estimate of drug-likeness (QED) is 0.860. The van der Waals surface area contributed by atoms with Crippen LogP contribution in [0.1, 0.15) is 10.4 Å². The van der Waals surface area contributed by atoms with Crippen LogP contribution in [-0.4, -0.2) is 12.0 Å². The molecule has 0 aliphatic rings. The second-order valence-electron chi connectivity index (χ2n) is 3.72. The highest BCUT2D eigenvalue weighted by Gasteiger charge is 2.02. The van der Waals surface area contributed by atoms with Gasteiger partial charge in [0.15, 0.2) is 6.07 Å². The zero-order valence-electron chi connectivity index (χ0n) is 9.60. The third-order valence-electron chi connectivity index (χ3n) is 2.58. The van der Waals surface area contributed by atoms with Crippen molar-refractivity contribution in [1.82, 2.24) is 0 Å². The first-order valence-corrected chi connectivity index (χ1v) is 5.93. The van der Waals surface area contributed by atoms with Gasteiger partial charge in [-0.1, -0.05) is 35.9 Å². The average molecular weight is 262 g/mol. The summed E-state index contributed by atoms with van der Waals surface area (Å²) in [5.41, 5.74) is 7.74. The van der Waals surface area contributed by atoms with Crippen molar-refractivity contribution in [1.29, 1.82) is 0 Å². The van der Waals surface area contributed by atoms with Crippen LogP contribution in [-0.2, 0) is 0 Å². The predicted octanol–water partition coefficient (Wildman–Crippen LogP) is 3.03. The van der Waals surface area contributed by atoms with Crippen molar-refractivity contribution in [2.75, 3.05) is 6.07 Å². The number of amides is 1. The molecule has 0 bridgehead atoms. The van der Waals surface area contributed by atoms with Crippen LogP contribution in [0.5, 0.6) is 5.75 Å². The minimum atomic E-state index is -0.424. The van der Waals surface area contributed by atoms with Crippen molar-refractivity contribution in [3.63, 3.8) is 0 Å². The van der Waals surface area contributed by atoms with E-state index in [-0.39, 0.29) is 6.07 Å². The Morgan fingerprint density at radius 1 is 1.00 bits per heavy atom. The molecule has 2 aromatic rings. The Bertz CT molecular complexity index is 535. The lowest BCUT2D eigenvalue weighted by atomic mass is 10.0. The van der Waals surface area contributed by atoms with E-state index in [1.807, 2.05) is 36.4 Å². The molecule has 0 radical (unpaired) electrons. The molecule has 0 fully saturated rings. The molecular weight excluding hydrogens is 250 g/mol. The van der Waals surface area contributed by atoms with Gasteiger partial charge in [-0.3, -0.25) is 4.79 Å². The van der Waals surface area contributed by atoms with Gasteiger partial charge in [0.2, 0.25) is 5.91 Å². The summed E-state index contributed by atoms with van der Waals surface area (Å²) in [6.07, 6.45) is 0. The second kappa shape index (κ2) is 5.56. The smallest absolute Gasteiger partial charge is 0.248 e. The van der Waals surface area contributed by atoms with Gasteiger partial charge in [-0.2, -0.15) is 0 Å². The Balaban J connectivity index is 2.23. The topological polar surface area (TPSA) is 52.3 Å². The van der Waals surface area contributed by atoms with Crippen LogP contribution in [0, 0.1) is 0 Å². The Kier molecular flexibility index (Phi) is 3.85. The van der Waals surface area contributed by atoms with E-state index in [0.29, 0.717) is 5.56 Å². The third-order valence-corrected chi connectivity index (χ3v) is 2.69. The fourth-order valence-corrected chi connectivity index (χ4v) is 1.76. The highest BCUT2D eigenvalue weighted by atomic mass is 35.5. The van der Waals surface area contributed by atoms with E-state index < -0.39 is 5.91 Å². The first-order valence-electron chi connectivity index (χ1n) is 5.40. The number of carbonyl (C=O) groups excluding carboxylic acids is 1. The van der Waals surface area contributed by atoms with Gasteiger partial charge in [0.05, 0.1) is 0 Å². The molecule has 0 spiro atoms. The number of alkyl halides is 1. The van der Waals surface area contributed by atoms with Gasteiger partial charge in [0, 0.05) is 5.56 Å². The number of carbonyl (C=O) groups is 1. The number of ether oxygens (including phenoxy) is 1. The highest BCUT2D eigenvalue weighted by molar-refractivity contribution is 6.17. The average Bonchev–Trinajstić information content (AvgIpc) is 2.40. The number of nitrogens with two attached hydrogens (primary N) is 1. The highest BCUT2D eigenvalue weighted by Crippen LogP contribution is 2.22. The number of primary amides is 1. The molecule has 0 saturated carbocycles. The molecule has 92 valence electrons. The summed E-state index contributed by atoms with van der Waals surface area (Å²) in [5, 5.41) is 0. The van der Waals surface area contributed by atoms with E-state index in [2.05, 4.69) is 0 Å². The minimum Gasteiger partial charge on any atom is -0.478 e. The normalized spacial score (nSPS) is 10.1. The summed E-state index contributed by atoms with van der Waals surface area (Å²) in [6, 6.07) is 14.8. The minimum absolute atomic E-state index is 0.132. The molecule has 4 heteroatoms. The van der Waals surface area contributed by atoms with E-state index in [0.717, 1.165) is 16.9 Å². The van der Waals surface area contributed by atoms with Crippen molar-refractivity contribution in [3.8, 4) is 16.9 Å². The molecule has 0 aliphatic carbocycles. The maximum absolute atomic E-state index is 11.0. The van der Waals surface area contributed by atoms with Gasteiger partial charge in [0.25, 0.3) is 0 Å². The van der Waals surface area contributed by atoms with Crippen LogP contribution in [0.2, 0.25) is 0 Å². The molecule has 2 aromatic carbocycles. The summed E-state index contributed by atoms with van der Waals surface area (Å²) in [5.74, 6) is 0.301. The Morgan fingerprint density at radius 2 is 1.50 bits per heavy atom. The molecule has 0 unspecified atom stereocenters. The van der Waals surface area contributed by atoms with Gasteiger partial charge in [-0.05, 0) is 35.4 Å². The van der Waals surface area contributed by atoms with Crippen molar-refractivity contribution in [2.24, 2.45) is 5.73 Å². The molecule has 0 heterocycles. The van der Waals surface area contributed by atoms with E-state index in [9.17, 15) is 4.79 Å². The maximum atomic E-state index is 11.0. The van der Waals surface area contributed by atoms with Crippen LogP contribution in [0.25, 0.3) is 11.1 Å². The number of hydrogen-bond acceptors (Lipinski definition) is 2. The maximum Gasteiger partial charge on any atom is 0.248 e. The molecule has 2 N–H and O–H groups in total. The van der Waals surface area contributed by atoms with Gasteiger partial charge < -0.3 is 10.5 Å². The summed E-state index contributed by atoms with van der Waals surface area (Å²) in [7, 11) is 0. The van der Waals surface area contributed by atoms with Crippen LogP contribution in [0.4, 0.5) is 0 Å².